The summed E-state index contributed by atoms with van der Waals surface area (Å²) < 4.78 is 0. The van der Waals surface area contributed by atoms with Crippen LogP contribution in [0.5, 0.6) is 0 Å². The van der Waals surface area contributed by atoms with Gasteiger partial charge in [-0.2, -0.15) is 0 Å². The third-order valence-corrected chi connectivity index (χ3v) is 17.6. The van der Waals surface area contributed by atoms with E-state index in [-0.39, 0.29) is 16.6 Å². The lowest BCUT2D eigenvalue weighted by Gasteiger charge is -2.61. The molecule has 0 aliphatic heterocycles. The van der Waals surface area contributed by atoms with Gasteiger partial charge in [0.25, 0.3) is 0 Å². The van der Waals surface area contributed by atoms with Gasteiger partial charge in [-0.1, -0.05) is 40.8 Å². The van der Waals surface area contributed by atoms with Crippen molar-refractivity contribution < 1.29 is 10.2 Å². The lowest BCUT2D eigenvalue weighted by Crippen LogP contribution is -2.67. The Labute approximate surface area is 168 Å². The average molecular weight is 393 g/mol. The maximum absolute atomic E-state index is 12.3. The van der Waals surface area contributed by atoms with Gasteiger partial charge in [-0.25, -0.2) is 0 Å². The Morgan fingerprint density at radius 3 is 2.19 bits per heavy atom. The number of hydrogen-bond acceptors (Lipinski definition) is 2. The molecule has 2 unspecified atom stereocenters. The van der Waals surface area contributed by atoms with E-state index < -0.39 is 13.3 Å². The molecule has 4 saturated carbocycles. The number of aliphatic hydroxyl groups excluding tert-OH is 1. The van der Waals surface area contributed by atoms with Gasteiger partial charge in [0, 0.05) is 0 Å². The third-order valence-electron chi connectivity index (χ3n) is 11.0. The molecule has 0 aromatic carbocycles. The van der Waals surface area contributed by atoms with Gasteiger partial charge in [-0.15, -0.1) is 0 Å². The molecule has 0 aromatic heterocycles. The van der Waals surface area contributed by atoms with Crippen molar-refractivity contribution in [3.63, 3.8) is 0 Å². The molecule has 0 spiro atoms. The number of hydrogen-bond donors (Lipinski definition) is 2. The van der Waals surface area contributed by atoms with E-state index in [0.717, 1.165) is 48.9 Å². The highest BCUT2D eigenvalue weighted by Crippen LogP contribution is 2.68. The molecule has 8 atom stereocenters. The first-order valence-corrected chi connectivity index (χ1v) is 14.8. The molecule has 27 heavy (non-hydrogen) atoms. The van der Waals surface area contributed by atoms with Crippen LogP contribution in [0.4, 0.5) is 0 Å². The molecular weight excluding hydrogens is 348 g/mol. The van der Waals surface area contributed by atoms with E-state index >= 15 is 0 Å². The van der Waals surface area contributed by atoms with E-state index in [0.29, 0.717) is 0 Å². The molecule has 2 nitrogen and oxygen atoms in total. The minimum absolute atomic E-state index is 0.0354. The average Bonchev–Trinajstić information content (AvgIpc) is 2.86. The summed E-state index contributed by atoms with van der Waals surface area (Å²) in [5.41, 5.74) is 0.123. The fourth-order valence-electron chi connectivity index (χ4n) is 8.49. The van der Waals surface area contributed by atoms with Crippen molar-refractivity contribution in [3.8, 4) is 0 Å². The number of aliphatic hydroxyl groups is 2. The summed E-state index contributed by atoms with van der Waals surface area (Å²) in [5, 5.41) is 22.2. The summed E-state index contributed by atoms with van der Waals surface area (Å²) in [6.07, 6.45) is 10.8. The zero-order valence-corrected chi connectivity index (χ0v) is 19.7. The van der Waals surface area contributed by atoms with Gasteiger partial charge in [0.05, 0.1) is 19.4 Å². The smallest absolute Gasteiger partial charge is 0.0911 e. The van der Waals surface area contributed by atoms with E-state index in [9.17, 15) is 10.2 Å². The van der Waals surface area contributed by atoms with E-state index in [2.05, 4.69) is 40.8 Å². The largest absolute Gasteiger partial charge is 0.393 e. The van der Waals surface area contributed by atoms with E-state index in [1.807, 2.05) is 0 Å². The Kier molecular flexibility index (Phi) is 4.77. The van der Waals surface area contributed by atoms with Crippen molar-refractivity contribution in [1.29, 1.82) is 0 Å². The molecular formula is C24H44O2Si. The second kappa shape index (κ2) is 6.32. The molecule has 0 heterocycles. The molecule has 4 rings (SSSR count). The van der Waals surface area contributed by atoms with Crippen LogP contribution in [-0.4, -0.2) is 29.6 Å². The summed E-state index contributed by atoms with van der Waals surface area (Å²) in [5.74, 6) is 4.07. The molecule has 4 aliphatic carbocycles. The lowest BCUT2D eigenvalue weighted by molar-refractivity contribution is -0.107. The van der Waals surface area contributed by atoms with Gasteiger partial charge in [0.1, 0.15) is 0 Å². The van der Waals surface area contributed by atoms with Crippen molar-refractivity contribution in [2.75, 3.05) is 0 Å². The predicted octanol–water partition coefficient (Wildman–Crippen LogP) is 5.78. The Morgan fingerprint density at radius 1 is 0.852 bits per heavy atom. The Morgan fingerprint density at radius 2 is 1.52 bits per heavy atom. The van der Waals surface area contributed by atoms with Gasteiger partial charge < -0.3 is 10.2 Å². The van der Waals surface area contributed by atoms with Crippen molar-refractivity contribution in [3.05, 3.63) is 0 Å². The third kappa shape index (κ3) is 2.70. The second-order valence-electron chi connectivity index (χ2n) is 12.6. The van der Waals surface area contributed by atoms with Crippen LogP contribution in [0.25, 0.3) is 0 Å². The van der Waals surface area contributed by atoms with E-state index in [1.165, 1.54) is 38.5 Å². The number of fused-ring (bicyclic) bond motifs is 5. The number of rotatable bonds is 1. The van der Waals surface area contributed by atoms with Crippen LogP contribution in [0.1, 0.15) is 85.5 Å². The van der Waals surface area contributed by atoms with Crippen LogP contribution >= 0.6 is 0 Å². The van der Waals surface area contributed by atoms with Crippen molar-refractivity contribution in [2.45, 2.75) is 115 Å². The molecule has 0 amide bonds. The summed E-state index contributed by atoms with van der Waals surface area (Å²) in [4.78, 5) is 0. The second-order valence-corrected chi connectivity index (χ2v) is 18.2. The first kappa shape index (κ1) is 20.4. The van der Waals surface area contributed by atoms with E-state index in [4.69, 9.17) is 0 Å². The van der Waals surface area contributed by atoms with Crippen molar-refractivity contribution in [2.24, 2.45) is 35.0 Å². The normalized spacial score (nSPS) is 50.7. The van der Waals surface area contributed by atoms with Crippen LogP contribution < -0.4 is 0 Å². The molecule has 156 valence electrons. The molecule has 4 fully saturated rings. The van der Waals surface area contributed by atoms with Crippen molar-refractivity contribution >= 4 is 8.07 Å². The SMILES string of the molecule is CC(C)(C)[Si](C)(C)[C@@]1(O)CC[C@H]2[C@@H]3CCC4CC(O)CC[C@@H]4[C@H]3CC[C@@]21C. The van der Waals surface area contributed by atoms with Gasteiger partial charge in [0.2, 0.25) is 0 Å². The van der Waals surface area contributed by atoms with Crippen LogP contribution in [0.15, 0.2) is 0 Å². The van der Waals surface area contributed by atoms with Crippen LogP contribution in [0.2, 0.25) is 18.1 Å². The highest BCUT2D eigenvalue weighted by molar-refractivity contribution is 6.83. The zero-order valence-electron chi connectivity index (χ0n) is 18.7. The molecule has 0 bridgehead atoms. The fourth-order valence-corrected chi connectivity index (χ4v) is 12.2. The zero-order chi connectivity index (χ0) is 19.8. The first-order valence-electron chi connectivity index (χ1n) is 11.8. The van der Waals surface area contributed by atoms with Crippen LogP contribution in [0.3, 0.4) is 0 Å². The van der Waals surface area contributed by atoms with Crippen molar-refractivity contribution in [1.82, 2.24) is 0 Å². The first-order chi connectivity index (χ1) is 12.4. The molecule has 0 radical (unpaired) electrons. The Balaban J connectivity index is 1.62. The highest BCUT2D eigenvalue weighted by atomic mass is 28.3. The van der Waals surface area contributed by atoms with Crippen LogP contribution in [-0.2, 0) is 0 Å². The molecule has 0 aromatic rings. The molecule has 4 aliphatic rings. The highest BCUT2D eigenvalue weighted by Gasteiger charge is 2.69. The summed E-state index contributed by atoms with van der Waals surface area (Å²) in [6.45, 7) is 14.5. The monoisotopic (exact) mass is 392 g/mol. The van der Waals surface area contributed by atoms with Gasteiger partial charge in [-0.05, 0) is 97.8 Å². The van der Waals surface area contributed by atoms with E-state index in [1.54, 1.807) is 0 Å². The topological polar surface area (TPSA) is 40.5 Å². The standard InChI is InChI=1S/C24H44O2Si/c1-22(2,3)27(5,6)24(26)14-12-21-20-9-7-16-15-17(25)8-10-18(16)19(20)11-13-23(21,24)4/h16-21,25-26H,7-15H2,1-6H3/t16?,17?,18-,19+,20+,21-,23-,24-/m0/s1. The summed E-state index contributed by atoms with van der Waals surface area (Å²) >= 11 is 0. The summed E-state index contributed by atoms with van der Waals surface area (Å²) in [6, 6.07) is 0. The predicted molar refractivity (Wildman–Crippen MR) is 115 cm³/mol. The quantitative estimate of drug-likeness (QED) is 0.555. The maximum atomic E-state index is 12.3. The van der Waals surface area contributed by atoms with Crippen LogP contribution in [0, 0.1) is 35.0 Å². The molecule has 3 heteroatoms. The van der Waals surface area contributed by atoms with Gasteiger partial charge in [-0.3, -0.25) is 0 Å². The fraction of sp³-hybridized carbons (Fsp3) is 1.00. The maximum Gasteiger partial charge on any atom is 0.0911 e. The van der Waals surface area contributed by atoms with Gasteiger partial charge in [0.15, 0.2) is 0 Å². The lowest BCUT2D eigenvalue weighted by atomic mass is 9.50. The Bertz CT molecular complexity index is 581. The van der Waals surface area contributed by atoms with Gasteiger partial charge >= 0.3 is 0 Å². The minimum Gasteiger partial charge on any atom is -0.393 e. The summed E-state index contributed by atoms with van der Waals surface area (Å²) in [7, 11) is -1.85. The minimum atomic E-state index is -1.85. The molecule has 2 N–H and O–H groups in total. The molecule has 0 saturated heterocycles. The Hall–Kier alpha value is 0.137.